The van der Waals surface area contributed by atoms with E-state index in [-0.39, 0.29) is 6.10 Å². The number of ether oxygens (including phenoxy) is 1. The number of likely N-dealkylation sites (tertiary alicyclic amines) is 1. The molecule has 1 aromatic rings. The Bertz CT molecular complexity index is 414. The second-order valence-corrected chi connectivity index (χ2v) is 6.30. The van der Waals surface area contributed by atoms with Gasteiger partial charge in [-0.05, 0) is 56.0 Å². The standard InChI is InChI=1S/C18H30N2O2/c1-15(16-4-6-18(22-2)7-5-16)14-19-10-3-11-20-12-8-17(21)9-13-20/h4-7,15,17,19,21H,3,8-14H2,1-2H3. The highest BCUT2D eigenvalue weighted by Gasteiger charge is 2.15. The minimum absolute atomic E-state index is 0.0697. The molecule has 0 saturated carbocycles. The van der Waals surface area contributed by atoms with Crippen molar-refractivity contribution in [3.63, 3.8) is 0 Å². The van der Waals surface area contributed by atoms with Gasteiger partial charge in [-0.2, -0.15) is 0 Å². The van der Waals surface area contributed by atoms with E-state index in [1.807, 2.05) is 12.1 Å². The Morgan fingerprint density at radius 1 is 1.27 bits per heavy atom. The van der Waals surface area contributed by atoms with E-state index >= 15 is 0 Å². The summed E-state index contributed by atoms with van der Waals surface area (Å²) in [5, 5.41) is 13.0. The van der Waals surface area contributed by atoms with Crippen molar-refractivity contribution in [2.45, 2.75) is 38.2 Å². The van der Waals surface area contributed by atoms with E-state index < -0.39 is 0 Å². The smallest absolute Gasteiger partial charge is 0.118 e. The minimum Gasteiger partial charge on any atom is -0.497 e. The zero-order valence-corrected chi connectivity index (χ0v) is 13.9. The molecule has 22 heavy (non-hydrogen) atoms. The SMILES string of the molecule is COc1ccc(C(C)CNCCCN2CCC(O)CC2)cc1. The van der Waals surface area contributed by atoms with Crippen LogP contribution in [0.2, 0.25) is 0 Å². The second kappa shape index (κ2) is 9.13. The van der Waals surface area contributed by atoms with Crippen LogP contribution < -0.4 is 10.1 Å². The number of rotatable bonds is 8. The number of nitrogens with zero attached hydrogens (tertiary/aromatic N) is 1. The number of benzene rings is 1. The molecule has 1 aliphatic rings. The third-order valence-electron chi connectivity index (χ3n) is 4.52. The molecule has 0 aromatic heterocycles. The number of nitrogens with one attached hydrogen (secondary N) is 1. The van der Waals surface area contributed by atoms with Crippen LogP contribution in [0.25, 0.3) is 0 Å². The van der Waals surface area contributed by atoms with Crippen molar-refractivity contribution in [2.24, 2.45) is 0 Å². The largest absolute Gasteiger partial charge is 0.497 e. The molecule has 0 amide bonds. The zero-order valence-electron chi connectivity index (χ0n) is 13.9. The molecule has 4 nitrogen and oxygen atoms in total. The summed E-state index contributed by atoms with van der Waals surface area (Å²) in [6.07, 6.45) is 2.97. The average molecular weight is 306 g/mol. The lowest BCUT2D eigenvalue weighted by Gasteiger charge is -2.29. The van der Waals surface area contributed by atoms with Crippen LogP contribution in [0.3, 0.4) is 0 Å². The van der Waals surface area contributed by atoms with Crippen molar-refractivity contribution in [1.29, 1.82) is 0 Å². The predicted molar refractivity (Wildman–Crippen MR) is 90.6 cm³/mol. The van der Waals surface area contributed by atoms with Crippen LogP contribution in [0.15, 0.2) is 24.3 Å². The molecule has 4 heteroatoms. The molecule has 1 unspecified atom stereocenters. The number of piperidine rings is 1. The topological polar surface area (TPSA) is 44.7 Å². The quantitative estimate of drug-likeness (QED) is 0.723. The van der Waals surface area contributed by atoms with Crippen LogP contribution in [0, 0.1) is 0 Å². The Morgan fingerprint density at radius 3 is 2.59 bits per heavy atom. The molecule has 1 aromatic carbocycles. The number of hydrogen-bond donors (Lipinski definition) is 2. The Balaban J connectivity index is 1.57. The summed E-state index contributed by atoms with van der Waals surface area (Å²) in [6.45, 7) is 7.54. The van der Waals surface area contributed by atoms with Crippen molar-refractivity contribution in [3.05, 3.63) is 29.8 Å². The first-order valence-corrected chi connectivity index (χ1v) is 8.44. The summed E-state index contributed by atoms with van der Waals surface area (Å²) in [5.41, 5.74) is 1.35. The van der Waals surface area contributed by atoms with E-state index in [2.05, 4.69) is 29.3 Å². The van der Waals surface area contributed by atoms with Crippen LogP contribution in [0.5, 0.6) is 5.75 Å². The van der Waals surface area contributed by atoms with E-state index in [4.69, 9.17) is 4.74 Å². The molecule has 0 aliphatic carbocycles. The summed E-state index contributed by atoms with van der Waals surface area (Å²) >= 11 is 0. The summed E-state index contributed by atoms with van der Waals surface area (Å²) in [4.78, 5) is 2.46. The van der Waals surface area contributed by atoms with Gasteiger partial charge in [0, 0.05) is 19.6 Å². The van der Waals surface area contributed by atoms with Gasteiger partial charge in [0.25, 0.3) is 0 Å². The van der Waals surface area contributed by atoms with Crippen LogP contribution in [0.1, 0.15) is 37.7 Å². The molecular weight excluding hydrogens is 276 g/mol. The third kappa shape index (κ3) is 5.59. The normalized spacial score (nSPS) is 18.3. The zero-order chi connectivity index (χ0) is 15.8. The van der Waals surface area contributed by atoms with E-state index in [0.717, 1.165) is 51.3 Å². The maximum absolute atomic E-state index is 9.49. The van der Waals surface area contributed by atoms with Gasteiger partial charge in [0.15, 0.2) is 0 Å². The molecule has 0 spiro atoms. The van der Waals surface area contributed by atoms with E-state index in [9.17, 15) is 5.11 Å². The molecule has 1 aliphatic heterocycles. The lowest BCUT2D eigenvalue weighted by atomic mass is 10.0. The fraction of sp³-hybridized carbons (Fsp3) is 0.667. The summed E-state index contributed by atoms with van der Waals surface area (Å²) < 4.78 is 5.19. The van der Waals surface area contributed by atoms with Crippen LogP contribution in [-0.4, -0.2) is 55.9 Å². The molecule has 1 atom stereocenters. The third-order valence-corrected chi connectivity index (χ3v) is 4.52. The molecular formula is C18H30N2O2. The van der Waals surface area contributed by atoms with Crippen molar-refractivity contribution in [1.82, 2.24) is 10.2 Å². The molecule has 2 rings (SSSR count). The van der Waals surface area contributed by atoms with Gasteiger partial charge in [-0.3, -0.25) is 0 Å². The number of aliphatic hydroxyl groups excluding tert-OH is 1. The molecule has 1 fully saturated rings. The highest BCUT2D eigenvalue weighted by molar-refractivity contribution is 5.29. The monoisotopic (exact) mass is 306 g/mol. The lowest BCUT2D eigenvalue weighted by Crippen LogP contribution is -2.37. The molecule has 124 valence electrons. The maximum atomic E-state index is 9.49. The Morgan fingerprint density at radius 2 is 1.95 bits per heavy atom. The number of aliphatic hydroxyl groups is 1. The number of methoxy groups -OCH3 is 1. The Hall–Kier alpha value is -1.10. The first-order chi connectivity index (χ1) is 10.7. The van der Waals surface area contributed by atoms with Gasteiger partial charge in [0.1, 0.15) is 5.75 Å². The molecule has 1 heterocycles. The van der Waals surface area contributed by atoms with Gasteiger partial charge in [-0.25, -0.2) is 0 Å². The van der Waals surface area contributed by atoms with Gasteiger partial charge >= 0.3 is 0 Å². The molecule has 0 radical (unpaired) electrons. The van der Waals surface area contributed by atoms with Crippen LogP contribution >= 0.6 is 0 Å². The van der Waals surface area contributed by atoms with Gasteiger partial charge in [0.2, 0.25) is 0 Å². The fourth-order valence-corrected chi connectivity index (χ4v) is 2.94. The van der Waals surface area contributed by atoms with Gasteiger partial charge < -0.3 is 20.1 Å². The van der Waals surface area contributed by atoms with Crippen molar-refractivity contribution >= 4 is 0 Å². The van der Waals surface area contributed by atoms with E-state index in [0.29, 0.717) is 5.92 Å². The Kier molecular flexibility index (Phi) is 7.16. The number of hydrogen-bond acceptors (Lipinski definition) is 4. The second-order valence-electron chi connectivity index (χ2n) is 6.30. The average Bonchev–Trinajstić information content (AvgIpc) is 2.56. The molecule has 2 N–H and O–H groups in total. The van der Waals surface area contributed by atoms with Gasteiger partial charge in [0.05, 0.1) is 13.2 Å². The summed E-state index contributed by atoms with van der Waals surface area (Å²) in [7, 11) is 1.70. The molecule has 1 saturated heterocycles. The lowest BCUT2D eigenvalue weighted by molar-refractivity contribution is 0.0821. The summed E-state index contributed by atoms with van der Waals surface area (Å²) in [6, 6.07) is 8.33. The molecule has 0 bridgehead atoms. The van der Waals surface area contributed by atoms with Gasteiger partial charge in [-0.1, -0.05) is 19.1 Å². The Labute approximate surface area is 134 Å². The van der Waals surface area contributed by atoms with Crippen molar-refractivity contribution < 1.29 is 9.84 Å². The van der Waals surface area contributed by atoms with E-state index in [1.165, 1.54) is 12.0 Å². The van der Waals surface area contributed by atoms with Crippen LogP contribution in [-0.2, 0) is 0 Å². The fourth-order valence-electron chi connectivity index (χ4n) is 2.94. The first-order valence-electron chi connectivity index (χ1n) is 8.44. The van der Waals surface area contributed by atoms with Crippen LogP contribution in [0.4, 0.5) is 0 Å². The van der Waals surface area contributed by atoms with Crippen molar-refractivity contribution in [2.75, 3.05) is 39.8 Å². The summed E-state index contributed by atoms with van der Waals surface area (Å²) in [5.74, 6) is 1.42. The maximum Gasteiger partial charge on any atom is 0.118 e. The first kappa shape index (κ1) is 17.3. The van der Waals surface area contributed by atoms with Crippen molar-refractivity contribution in [3.8, 4) is 5.75 Å². The predicted octanol–water partition coefficient (Wildman–Crippen LogP) is 2.24. The van der Waals surface area contributed by atoms with Gasteiger partial charge in [-0.15, -0.1) is 0 Å². The highest BCUT2D eigenvalue weighted by Crippen LogP contribution is 2.18. The van der Waals surface area contributed by atoms with E-state index in [1.54, 1.807) is 7.11 Å². The highest BCUT2D eigenvalue weighted by atomic mass is 16.5. The minimum atomic E-state index is -0.0697.